The number of aromatic nitrogens is 4. The van der Waals surface area contributed by atoms with E-state index in [1.165, 1.54) is 11.3 Å². The standard InChI is InChI=1S/C14H12ClN5OS/c15-11-3-1-10(22-11)2-4-12(21)17-14-18-13(19-20-14)9-5-7-16-8-6-9/h1,3,5-8H,2,4H2,(H2,17,18,19,20,21). The van der Waals surface area contributed by atoms with Gasteiger partial charge in [-0.05, 0) is 30.7 Å². The number of halogens is 1. The topological polar surface area (TPSA) is 83.6 Å². The van der Waals surface area contributed by atoms with Crippen LogP contribution in [0.2, 0.25) is 4.34 Å². The van der Waals surface area contributed by atoms with Crippen molar-refractivity contribution in [1.29, 1.82) is 0 Å². The minimum atomic E-state index is -0.123. The number of nitrogens with zero attached hydrogens (tertiary/aromatic N) is 3. The molecule has 112 valence electrons. The third kappa shape index (κ3) is 3.69. The molecule has 0 saturated carbocycles. The van der Waals surface area contributed by atoms with Crippen molar-refractivity contribution < 1.29 is 4.79 Å². The van der Waals surface area contributed by atoms with Gasteiger partial charge in [0.2, 0.25) is 11.9 Å². The molecule has 0 radical (unpaired) electrons. The summed E-state index contributed by atoms with van der Waals surface area (Å²) in [5.41, 5.74) is 0.858. The molecule has 2 N–H and O–H groups in total. The molecule has 0 fully saturated rings. The summed E-state index contributed by atoms with van der Waals surface area (Å²) in [7, 11) is 0. The zero-order valence-electron chi connectivity index (χ0n) is 11.4. The summed E-state index contributed by atoms with van der Waals surface area (Å²) in [5, 5.41) is 10.6. The van der Waals surface area contributed by atoms with E-state index in [1.54, 1.807) is 12.4 Å². The molecule has 3 aromatic heterocycles. The van der Waals surface area contributed by atoms with E-state index >= 15 is 0 Å². The third-order valence-electron chi connectivity index (χ3n) is 2.93. The van der Waals surface area contributed by atoms with Crippen LogP contribution in [0.5, 0.6) is 0 Å². The molecule has 0 aliphatic rings. The highest BCUT2D eigenvalue weighted by molar-refractivity contribution is 7.16. The second-order valence-electron chi connectivity index (χ2n) is 4.51. The summed E-state index contributed by atoms with van der Waals surface area (Å²) < 4.78 is 0.729. The van der Waals surface area contributed by atoms with Crippen molar-refractivity contribution in [3.8, 4) is 11.4 Å². The number of H-pyrrole nitrogens is 1. The number of aryl methyl sites for hydroxylation is 1. The van der Waals surface area contributed by atoms with Crippen LogP contribution in [0.15, 0.2) is 36.7 Å². The summed E-state index contributed by atoms with van der Waals surface area (Å²) in [5.74, 6) is 0.797. The first-order chi connectivity index (χ1) is 10.7. The molecule has 0 bridgehead atoms. The normalized spacial score (nSPS) is 10.6. The number of rotatable bonds is 5. The van der Waals surface area contributed by atoms with Crippen molar-refractivity contribution >= 4 is 34.8 Å². The van der Waals surface area contributed by atoms with Crippen LogP contribution >= 0.6 is 22.9 Å². The van der Waals surface area contributed by atoms with E-state index in [9.17, 15) is 4.79 Å². The van der Waals surface area contributed by atoms with Gasteiger partial charge >= 0.3 is 0 Å². The van der Waals surface area contributed by atoms with Gasteiger partial charge in [-0.25, -0.2) is 0 Å². The predicted octanol–water partition coefficient (Wildman–Crippen LogP) is 3.15. The first-order valence-electron chi connectivity index (χ1n) is 6.58. The molecule has 3 heterocycles. The second-order valence-corrected chi connectivity index (χ2v) is 6.31. The van der Waals surface area contributed by atoms with Gasteiger partial charge in [0.05, 0.1) is 4.34 Å². The predicted molar refractivity (Wildman–Crippen MR) is 85.9 cm³/mol. The van der Waals surface area contributed by atoms with E-state index in [0.29, 0.717) is 24.6 Å². The molecule has 3 rings (SSSR count). The van der Waals surface area contributed by atoms with Gasteiger partial charge in [0.25, 0.3) is 0 Å². The quantitative estimate of drug-likeness (QED) is 0.751. The number of hydrogen-bond acceptors (Lipinski definition) is 5. The van der Waals surface area contributed by atoms with Crippen LogP contribution in [0.1, 0.15) is 11.3 Å². The molecule has 0 unspecified atom stereocenters. The molecule has 1 amide bonds. The van der Waals surface area contributed by atoms with E-state index in [-0.39, 0.29) is 5.91 Å². The summed E-state index contributed by atoms with van der Waals surface area (Å²) in [6, 6.07) is 7.38. The Balaban J connectivity index is 1.57. The van der Waals surface area contributed by atoms with Crippen LogP contribution in [-0.4, -0.2) is 26.1 Å². The molecular formula is C14H12ClN5OS. The molecule has 3 aromatic rings. The van der Waals surface area contributed by atoms with Gasteiger partial charge in [-0.3, -0.25) is 15.1 Å². The van der Waals surface area contributed by atoms with Gasteiger partial charge in [-0.1, -0.05) is 11.6 Å². The Morgan fingerprint density at radius 1 is 1.23 bits per heavy atom. The Bertz CT molecular complexity index is 770. The number of thiophene rings is 1. The molecule has 0 spiro atoms. The highest BCUT2D eigenvalue weighted by atomic mass is 35.5. The zero-order chi connectivity index (χ0) is 15.4. The number of nitrogens with one attached hydrogen (secondary N) is 2. The highest BCUT2D eigenvalue weighted by Crippen LogP contribution is 2.22. The number of carbonyl (C=O) groups is 1. The molecular weight excluding hydrogens is 322 g/mol. The van der Waals surface area contributed by atoms with E-state index in [1.807, 2.05) is 24.3 Å². The first-order valence-corrected chi connectivity index (χ1v) is 7.77. The van der Waals surface area contributed by atoms with Crippen molar-refractivity contribution in [2.24, 2.45) is 0 Å². The lowest BCUT2D eigenvalue weighted by molar-refractivity contribution is -0.116. The summed E-state index contributed by atoms with van der Waals surface area (Å²) >= 11 is 7.34. The average molecular weight is 334 g/mol. The van der Waals surface area contributed by atoms with Crippen molar-refractivity contribution in [1.82, 2.24) is 20.2 Å². The van der Waals surface area contributed by atoms with Gasteiger partial charge in [0.1, 0.15) is 0 Å². The number of hydrogen-bond donors (Lipinski definition) is 2. The smallest absolute Gasteiger partial charge is 0.228 e. The van der Waals surface area contributed by atoms with Crippen LogP contribution in [-0.2, 0) is 11.2 Å². The lowest BCUT2D eigenvalue weighted by Crippen LogP contribution is -2.13. The number of carbonyl (C=O) groups excluding carboxylic acids is 1. The fourth-order valence-electron chi connectivity index (χ4n) is 1.88. The van der Waals surface area contributed by atoms with Gasteiger partial charge < -0.3 is 4.98 Å². The van der Waals surface area contributed by atoms with E-state index in [2.05, 4.69) is 25.5 Å². The maximum atomic E-state index is 11.9. The number of anilines is 1. The first kappa shape index (κ1) is 14.7. The highest BCUT2D eigenvalue weighted by Gasteiger charge is 2.09. The Hall–Kier alpha value is -2.25. The van der Waals surface area contributed by atoms with Gasteiger partial charge in [0, 0.05) is 29.3 Å². The third-order valence-corrected chi connectivity index (χ3v) is 4.22. The van der Waals surface area contributed by atoms with Crippen LogP contribution in [0.3, 0.4) is 0 Å². The molecule has 6 nitrogen and oxygen atoms in total. The minimum Gasteiger partial charge on any atom is -0.307 e. The Morgan fingerprint density at radius 2 is 2.05 bits per heavy atom. The fraction of sp³-hybridized carbons (Fsp3) is 0.143. The van der Waals surface area contributed by atoms with Crippen LogP contribution in [0.4, 0.5) is 5.95 Å². The number of aromatic amines is 1. The fourth-order valence-corrected chi connectivity index (χ4v) is 2.96. The van der Waals surface area contributed by atoms with Crippen LogP contribution in [0.25, 0.3) is 11.4 Å². The van der Waals surface area contributed by atoms with Gasteiger partial charge in [-0.15, -0.1) is 21.5 Å². The number of pyridine rings is 1. The lowest BCUT2D eigenvalue weighted by Gasteiger charge is -2.00. The molecule has 0 atom stereocenters. The van der Waals surface area contributed by atoms with Crippen molar-refractivity contribution in [2.45, 2.75) is 12.8 Å². The van der Waals surface area contributed by atoms with Crippen molar-refractivity contribution in [3.05, 3.63) is 45.9 Å². The lowest BCUT2D eigenvalue weighted by atomic mass is 10.2. The SMILES string of the molecule is O=C(CCc1ccc(Cl)s1)Nc1nnc(-c2ccncc2)[nH]1. The molecule has 22 heavy (non-hydrogen) atoms. The van der Waals surface area contributed by atoms with E-state index in [4.69, 9.17) is 11.6 Å². The summed E-state index contributed by atoms with van der Waals surface area (Å²) in [6.45, 7) is 0. The van der Waals surface area contributed by atoms with Crippen molar-refractivity contribution in [2.75, 3.05) is 5.32 Å². The minimum absolute atomic E-state index is 0.123. The Morgan fingerprint density at radius 3 is 2.77 bits per heavy atom. The van der Waals surface area contributed by atoms with Crippen LogP contribution in [0, 0.1) is 0 Å². The Labute approximate surface area is 135 Å². The zero-order valence-corrected chi connectivity index (χ0v) is 13.0. The monoisotopic (exact) mass is 333 g/mol. The molecule has 0 aliphatic heterocycles. The van der Waals surface area contributed by atoms with Crippen LogP contribution < -0.4 is 5.32 Å². The van der Waals surface area contributed by atoms with Gasteiger partial charge in [0.15, 0.2) is 5.82 Å². The molecule has 8 heteroatoms. The number of amides is 1. The molecule has 0 saturated heterocycles. The summed E-state index contributed by atoms with van der Waals surface area (Å²) in [6.07, 6.45) is 4.35. The Kier molecular flexibility index (Phi) is 4.45. The van der Waals surface area contributed by atoms with Crippen molar-refractivity contribution in [3.63, 3.8) is 0 Å². The van der Waals surface area contributed by atoms with Gasteiger partial charge in [-0.2, -0.15) is 0 Å². The second kappa shape index (κ2) is 6.67. The largest absolute Gasteiger partial charge is 0.307 e. The maximum Gasteiger partial charge on any atom is 0.228 e. The average Bonchev–Trinajstić information content (AvgIpc) is 3.15. The van der Waals surface area contributed by atoms with E-state index in [0.717, 1.165) is 14.8 Å². The maximum absolute atomic E-state index is 11.9. The van der Waals surface area contributed by atoms with E-state index < -0.39 is 0 Å². The molecule has 0 aliphatic carbocycles. The summed E-state index contributed by atoms with van der Waals surface area (Å²) in [4.78, 5) is 19.9. The molecule has 0 aromatic carbocycles.